The second kappa shape index (κ2) is 9.75. The molecule has 17 heavy (non-hydrogen) atoms. The lowest BCUT2D eigenvalue weighted by Gasteiger charge is -2.04. The van der Waals surface area contributed by atoms with Crippen LogP contribution < -0.4 is 10.6 Å². The summed E-state index contributed by atoms with van der Waals surface area (Å²) in [6, 6.07) is 8.37. The Morgan fingerprint density at radius 3 is 1.47 bits per heavy atom. The molecule has 1 rings (SSSR count). The second-order valence-electron chi connectivity index (χ2n) is 3.43. The first-order chi connectivity index (χ1) is 7.86. The molecule has 0 aliphatic heterocycles. The normalized spacial score (nSPS) is 8.82. The minimum atomic E-state index is 0. The van der Waals surface area contributed by atoms with Crippen molar-refractivity contribution in [3.8, 4) is 24.7 Å². The molecule has 0 fully saturated rings. The van der Waals surface area contributed by atoms with Crippen LogP contribution in [0.25, 0.3) is 0 Å². The first-order valence-electron chi connectivity index (χ1n) is 5.23. The lowest BCUT2D eigenvalue weighted by Crippen LogP contribution is -2.14. The quantitative estimate of drug-likeness (QED) is 0.590. The summed E-state index contributed by atoms with van der Waals surface area (Å²) < 4.78 is 0. The highest BCUT2D eigenvalue weighted by atomic mass is 35.5. The molecule has 2 nitrogen and oxygen atoms in total. The molecule has 0 amide bonds. The molecule has 0 aliphatic carbocycles. The Labute approximate surface area is 110 Å². The summed E-state index contributed by atoms with van der Waals surface area (Å²) in [6.45, 7) is 2.82. The van der Waals surface area contributed by atoms with Crippen LogP contribution in [-0.4, -0.2) is 13.1 Å². The fourth-order valence-electron chi connectivity index (χ4n) is 1.33. The van der Waals surface area contributed by atoms with E-state index < -0.39 is 0 Å². The van der Waals surface area contributed by atoms with E-state index in [1.165, 1.54) is 11.1 Å². The molecule has 0 aromatic heterocycles. The maximum Gasteiger partial charge on any atom is 0.0576 e. The summed E-state index contributed by atoms with van der Waals surface area (Å²) >= 11 is 0. The van der Waals surface area contributed by atoms with Crippen LogP contribution in [0.4, 0.5) is 0 Å². The SMILES string of the molecule is C#CCNCc1ccc(CNCC#C)cc1.Cl. The predicted molar refractivity (Wildman–Crippen MR) is 74.8 cm³/mol. The molecule has 2 N–H and O–H groups in total. The molecule has 0 unspecified atom stereocenters. The first kappa shape index (κ1) is 15.6. The average molecular weight is 249 g/mol. The topological polar surface area (TPSA) is 24.1 Å². The van der Waals surface area contributed by atoms with E-state index in [4.69, 9.17) is 12.8 Å². The van der Waals surface area contributed by atoms with Crippen molar-refractivity contribution in [2.75, 3.05) is 13.1 Å². The summed E-state index contributed by atoms with van der Waals surface area (Å²) in [6.07, 6.45) is 10.3. The van der Waals surface area contributed by atoms with Crippen LogP contribution in [0.5, 0.6) is 0 Å². The van der Waals surface area contributed by atoms with Gasteiger partial charge in [0.05, 0.1) is 13.1 Å². The zero-order valence-electron chi connectivity index (χ0n) is 9.70. The number of halogens is 1. The number of nitrogens with one attached hydrogen (secondary N) is 2. The van der Waals surface area contributed by atoms with Gasteiger partial charge in [0.15, 0.2) is 0 Å². The number of terminal acetylenes is 2. The van der Waals surface area contributed by atoms with Gasteiger partial charge in [-0.05, 0) is 11.1 Å². The van der Waals surface area contributed by atoms with E-state index in [-0.39, 0.29) is 12.4 Å². The van der Waals surface area contributed by atoms with Gasteiger partial charge in [-0.2, -0.15) is 0 Å². The van der Waals surface area contributed by atoms with E-state index >= 15 is 0 Å². The van der Waals surface area contributed by atoms with Crippen molar-refractivity contribution in [3.63, 3.8) is 0 Å². The van der Waals surface area contributed by atoms with Crippen LogP contribution in [0.3, 0.4) is 0 Å². The summed E-state index contributed by atoms with van der Waals surface area (Å²) in [5, 5.41) is 6.29. The van der Waals surface area contributed by atoms with Crippen molar-refractivity contribution in [2.24, 2.45) is 0 Å². The van der Waals surface area contributed by atoms with Gasteiger partial charge in [-0.15, -0.1) is 25.3 Å². The van der Waals surface area contributed by atoms with Crippen LogP contribution in [0.15, 0.2) is 24.3 Å². The fourth-order valence-corrected chi connectivity index (χ4v) is 1.33. The Morgan fingerprint density at radius 2 is 1.18 bits per heavy atom. The fraction of sp³-hybridized carbons (Fsp3) is 0.286. The Hall–Kier alpha value is -1.45. The third-order valence-corrected chi connectivity index (χ3v) is 2.14. The number of hydrogen-bond donors (Lipinski definition) is 2. The van der Waals surface area contributed by atoms with E-state index in [0.717, 1.165) is 13.1 Å². The van der Waals surface area contributed by atoms with Crippen molar-refractivity contribution < 1.29 is 0 Å². The van der Waals surface area contributed by atoms with E-state index in [1.54, 1.807) is 0 Å². The van der Waals surface area contributed by atoms with Crippen molar-refractivity contribution in [3.05, 3.63) is 35.4 Å². The van der Waals surface area contributed by atoms with E-state index in [1.807, 2.05) is 0 Å². The maximum absolute atomic E-state index is 5.15. The third-order valence-electron chi connectivity index (χ3n) is 2.14. The first-order valence-corrected chi connectivity index (χ1v) is 5.23. The van der Waals surface area contributed by atoms with Crippen LogP contribution in [0.1, 0.15) is 11.1 Å². The zero-order valence-corrected chi connectivity index (χ0v) is 10.5. The van der Waals surface area contributed by atoms with Crippen LogP contribution >= 0.6 is 12.4 Å². The molecular weight excluding hydrogens is 232 g/mol. The highest BCUT2D eigenvalue weighted by Gasteiger charge is 1.93. The monoisotopic (exact) mass is 248 g/mol. The molecule has 0 radical (unpaired) electrons. The van der Waals surface area contributed by atoms with Gasteiger partial charge in [0.2, 0.25) is 0 Å². The van der Waals surface area contributed by atoms with E-state index in [2.05, 4.69) is 46.7 Å². The van der Waals surface area contributed by atoms with Crippen LogP contribution in [0, 0.1) is 24.7 Å². The van der Waals surface area contributed by atoms with Gasteiger partial charge in [-0.3, -0.25) is 0 Å². The van der Waals surface area contributed by atoms with Gasteiger partial charge < -0.3 is 10.6 Å². The van der Waals surface area contributed by atoms with Crippen LogP contribution in [-0.2, 0) is 13.1 Å². The van der Waals surface area contributed by atoms with Gasteiger partial charge in [-0.1, -0.05) is 36.1 Å². The van der Waals surface area contributed by atoms with Gasteiger partial charge in [-0.25, -0.2) is 0 Å². The summed E-state index contributed by atoms with van der Waals surface area (Å²) in [5.74, 6) is 5.09. The third kappa shape index (κ3) is 6.66. The maximum atomic E-state index is 5.15. The Bertz CT molecular complexity index is 345. The van der Waals surface area contributed by atoms with E-state index in [9.17, 15) is 0 Å². The molecule has 1 aromatic rings. The zero-order chi connectivity index (χ0) is 11.6. The van der Waals surface area contributed by atoms with Gasteiger partial charge in [0.1, 0.15) is 0 Å². The van der Waals surface area contributed by atoms with Gasteiger partial charge in [0.25, 0.3) is 0 Å². The Balaban J connectivity index is 0.00000256. The molecular formula is C14H17ClN2. The lowest BCUT2D eigenvalue weighted by atomic mass is 10.1. The molecule has 3 heteroatoms. The Morgan fingerprint density at radius 1 is 0.824 bits per heavy atom. The molecule has 0 saturated heterocycles. The smallest absolute Gasteiger partial charge is 0.0576 e. The average Bonchev–Trinajstić information content (AvgIpc) is 2.32. The molecule has 0 saturated carbocycles. The standard InChI is InChI=1S/C14H16N2.ClH/c1-3-9-15-11-13-5-7-14(8-6-13)12-16-10-4-2;/h1-2,5-8,15-16H,9-12H2;1H. The molecule has 0 spiro atoms. The number of hydrogen-bond acceptors (Lipinski definition) is 2. The van der Waals surface area contributed by atoms with Gasteiger partial charge >= 0.3 is 0 Å². The number of rotatable bonds is 6. The lowest BCUT2D eigenvalue weighted by molar-refractivity contribution is 0.759. The van der Waals surface area contributed by atoms with Crippen molar-refractivity contribution in [2.45, 2.75) is 13.1 Å². The largest absolute Gasteiger partial charge is 0.302 e. The summed E-state index contributed by atoms with van der Waals surface area (Å²) in [5.41, 5.74) is 2.46. The van der Waals surface area contributed by atoms with Crippen molar-refractivity contribution in [1.29, 1.82) is 0 Å². The summed E-state index contributed by atoms with van der Waals surface area (Å²) in [4.78, 5) is 0. The molecule has 90 valence electrons. The highest BCUT2D eigenvalue weighted by Crippen LogP contribution is 2.03. The minimum absolute atomic E-state index is 0. The molecule has 0 bridgehead atoms. The molecule has 1 aromatic carbocycles. The summed E-state index contributed by atoms with van der Waals surface area (Å²) in [7, 11) is 0. The van der Waals surface area contributed by atoms with E-state index in [0.29, 0.717) is 13.1 Å². The predicted octanol–water partition coefficient (Wildman–Crippen LogP) is 1.55. The molecule has 0 aliphatic rings. The van der Waals surface area contributed by atoms with Crippen molar-refractivity contribution in [1.82, 2.24) is 10.6 Å². The number of benzene rings is 1. The second-order valence-corrected chi connectivity index (χ2v) is 3.43. The molecule has 0 heterocycles. The molecule has 0 atom stereocenters. The van der Waals surface area contributed by atoms with Gasteiger partial charge in [0, 0.05) is 13.1 Å². The highest BCUT2D eigenvalue weighted by molar-refractivity contribution is 5.85. The minimum Gasteiger partial charge on any atom is -0.302 e. The Kier molecular flexibility index (Phi) is 8.92. The van der Waals surface area contributed by atoms with Crippen molar-refractivity contribution >= 4 is 12.4 Å². The van der Waals surface area contributed by atoms with Crippen LogP contribution in [0.2, 0.25) is 0 Å².